The molecule has 0 bridgehead atoms. The van der Waals surface area contributed by atoms with Gasteiger partial charge in [-0.25, -0.2) is 8.42 Å². The van der Waals surface area contributed by atoms with E-state index in [1.807, 2.05) is 42.2 Å². The van der Waals surface area contributed by atoms with Crippen LogP contribution in [0.4, 0.5) is 0 Å². The zero-order chi connectivity index (χ0) is 21.3. The molecule has 1 aliphatic carbocycles. The van der Waals surface area contributed by atoms with Crippen LogP contribution in [0.1, 0.15) is 42.6 Å². The van der Waals surface area contributed by atoms with Crippen LogP contribution < -0.4 is 0 Å². The molecular formula is C22H30N4O3S. The molecule has 162 valence electrons. The van der Waals surface area contributed by atoms with Gasteiger partial charge in [-0.05, 0) is 32.3 Å². The maximum Gasteiger partial charge on any atom is 0.246 e. The summed E-state index contributed by atoms with van der Waals surface area (Å²) in [5.74, 6) is 0.335. The van der Waals surface area contributed by atoms with E-state index in [1.165, 1.54) is 4.31 Å². The summed E-state index contributed by atoms with van der Waals surface area (Å²) in [4.78, 5) is 14.8. The van der Waals surface area contributed by atoms with E-state index >= 15 is 0 Å². The first-order valence-corrected chi connectivity index (χ1v) is 12.2. The van der Waals surface area contributed by atoms with Gasteiger partial charge < -0.3 is 4.90 Å². The van der Waals surface area contributed by atoms with Crippen molar-refractivity contribution in [1.29, 1.82) is 0 Å². The van der Waals surface area contributed by atoms with Crippen molar-refractivity contribution in [3.8, 4) is 0 Å². The number of hydrogen-bond acceptors (Lipinski definition) is 4. The lowest BCUT2D eigenvalue weighted by atomic mass is 10.1. The van der Waals surface area contributed by atoms with Gasteiger partial charge in [-0.15, -0.1) is 0 Å². The molecule has 7 nitrogen and oxygen atoms in total. The van der Waals surface area contributed by atoms with E-state index in [1.54, 1.807) is 11.6 Å². The molecule has 1 amide bonds. The van der Waals surface area contributed by atoms with Gasteiger partial charge in [-0.2, -0.15) is 9.40 Å². The van der Waals surface area contributed by atoms with Crippen molar-refractivity contribution in [2.24, 2.45) is 5.92 Å². The van der Waals surface area contributed by atoms with Crippen molar-refractivity contribution >= 4 is 15.9 Å². The lowest BCUT2D eigenvalue weighted by Gasteiger charge is -2.35. The lowest BCUT2D eigenvalue weighted by molar-refractivity contribution is -0.136. The Morgan fingerprint density at radius 3 is 2.30 bits per heavy atom. The van der Waals surface area contributed by atoms with E-state index in [9.17, 15) is 13.2 Å². The molecule has 0 unspecified atom stereocenters. The van der Waals surface area contributed by atoms with Crippen LogP contribution in [0.3, 0.4) is 0 Å². The fourth-order valence-electron chi connectivity index (χ4n) is 4.67. The smallest absolute Gasteiger partial charge is 0.246 e. The molecule has 2 fully saturated rings. The van der Waals surface area contributed by atoms with Crippen LogP contribution >= 0.6 is 0 Å². The van der Waals surface area contributed by atoms with Gasteiger partial charge in [0.15, 0.2) is 0 Å². The van der Waals surface area contributed by atoms with Gasteiger partial charge in [-0.3, -0.25) is 9.48 Å². The molecule has 0 radical (unpaired) electrons. The van der Waals surface area contributed by atoms with Crippen molar-refractivity contribution in [2.45, 2.75) is 51.0 Å². The zero-order valence-corrected chi connectivity index (χ0v) is 18.6. The summed E-state index contributed by atoms with van der Waals surface area (Å²) in [6, 6.07) is 9.89. The SMILES string of the molecule is Cc1nn(Cc2ccccc2)c(C)c1S(=O)(=O)N1CCN(C(=O)C2CCCC2)CC1. The first-order valence-electron chi connectivity index (χ1n) is 10.7. The van der Waals surface area contributed by atoms with Crippen LogP contribution in [0.5, 0.6) is 0 Å². The summed E-state index contributed by atoms with van der Waals surface area (Å²) in [5, 5.41) is 4.51. The number of sulfonamides is 1. The van der Waals surface area contributed by atoms with Crippen molar-refractivity contribution in [1.82, 2.24) is 19.0 Å². The van der Waals surface area contributed by atoms with Crippen molar-refractivity contribution in [3.63, 3.8) is 0 Å². The second-order valence-electron chi connectivity index (χ2n) is 8.35. The molecule has 2 aromatic rings. The monoisotopic (exact) mass is 430 g/mol. The Hall–Kier alpha value is -2.19. The molecule has 0 atom stereocenters. The van der Waals surface area contributed by atoms with E-state index in [0.29, 0.717) is 49.0 Å². The molecule has 8 heteroatoms. The molecule has 1 aromatic carbocycles. The van der Waals surface area contributed by atoms with Crippen LogP contribution in [-0.2, 0) is 21.4 Å². The van der Waals surface area contributed by atoms with Gasteiger partial charge in [0, 0.05) is 32.1 Å². The maximum atomic E-state index is 13.4. The molecule has 1 saturated heterocycles. The molecule has 0 spiro atoms. The lowest BCUT2D eigenvalue weighted by Crippen LogP contribution is -2.51. The standard InChI is InChI=1S/C22H30N4O3S/c1-17-21(18(2)26(23-17)16-19-8-4-3-5-9-19)30(28,29)25-14-12-24(13-15-25)22(27)20-10-6-7-11-20/h3-5,8-9,20H,6-7,10-16H2,1-2H3. The number of benzene rings is 1. The van der Waals surface area contributed by atoms with Crippen LogP contribution in [0.25, 0.3) is 0 Å². The quantitative estimate of drug-likeness (QED) is 0.731. The summed E-state index contributed by atoms with van der Waals surface area (Å²) in [6.45, 7) is 5.70. The number of carbonyl (C=O) groups excluding carboxylic acids is 1. The summed E-state index contributed by atoms with van der Waals surface area (Å²) in [5.41, 5.74) is 2.25. The minimum absolute atomic E-state index is 0.133. The number of amides is 1. The Bertz CT molecular complexity index is 1000. The Balaban J connectivity index is 1.48. The second-order valence-corrected chi connectivity index (χ2v) is 10.2. The Labute approximate surface area is 178 Å². The molecule has 30 heavy (non-hydrogen) atoms. The first kappa shape index (κ1) is 21.1. The van der Waals surface area contributed by atoms with Gasteiger partial charge >= 0.3 is 0 Å². The van der Waals surface area contributed by atoms with E-state index in [0.717, 1.165) is 31.2 Å². The largest absolute Gasteiger partial charge is 0.340 e. The van der Waals surface area contributed by atoms with E-state index < -0.39 is 10.0 Å². The summed E-state index contributed by atoms with van der Waals surface area (Å²) in [7, 11) is -3.65. The summed E-state index contributed by atoms with van der Waals surface area (Å²) in [6.07, 6.45) is 4.18. The third-order valence-corrected chi connectivity index (χ3v) is 8.49. The number of nitrogens with zero attached hydrogens (tertiary/aromatic N) is 4. The van der Waals surface area contributed by atoms with E-state index in [4.69, 9.17) is 0 Å². The van der Waals surface area contributed by atoms with Crippen molar-refractivity contribution < 1.29 is 13.2 Å². The fourth-order valence-corrected chi connectivity index (χ4v) is 6.47. The number of carbonyl (C=O) groups is 1. The van der Waals surface area contributed by atoms with Gasteiger partial charge in [0.1, 0.15) is 4.90 Å². The number of hydrogen-bond donors (Lipinski definition) is 0. The Kier molecular flexibility index (Phi) is 5.97. The predicted molar refractivity (Wildman–Crippen MR) is 115 cm³/mol. The highest BCUT2D eigenvalue weighted by molar-refractivity contribution is 7.89. The third-order valence-electron chi connectivity index (χ3n) is 6.34. The average molecular weight is 431 g/mol. The molecule has 1 aliphatic heterocycles. The van der Waals surface area contributed by atoms with Gasteiger partial charge in [-0.1, -0.05) is 43.2 Å². The van der Waals surface area contributed by atoms with Crippen LogP contribution in [0, 0.1) is 19.8 Å². The van der Waals surface area contributed by atoms with Gasteiger partial charge in [0.25, 0.3) is 0 Å². The topological polar surface area (TPSA) is 75.5 Å². The van der Waals surface area contributed by atoms with E-state index in [-0.39, 0.29) is 11.8 Å². The highest BCUT2D eigenvalue weighted by Gasteiger charge is 2.36. The van der Waals surface area contributed by atoms with Crippen LogP contribution in [-0.4, -0.2) is 59.5 Å². The zero-order valence-electron chi connectivity index (χ0n) is 17.7. The number of aryl methyl sites for hydroxylation is 1. The molecule has 1 aromatic heterocycles. The molecule has 2 aliphatic rings. The number of rotatable bonds is 5. The third kappa shape index (κ3) is 4.03. The fraction of sp³-hybridized carbons (Fsp3) is 0.545. The summed E-state index contributed by atoms with van der Waals surface area (Å²) >= 11 is 0. The van der Waals surface area contributed by atoms with Crippen LogP contribution in [0.15, 0.2) is 35.2 Å². The molecule has 1 saturated carbocycles. The normalized spacial score (nSPS) is 18.8. The van der Waals surface area contributed by atoms with Crippen molar-refractivity contribution in [2.75, 3.05) is 26.2 Å². The van der Waals surface area contributed by atoms with Crippen molar-refractivity contribution in [3.05, 3.63) is 47.3 Å². The second kappa shape index (κ2) is 8.51. The molecule has 4 rings (SSSR count). The molecular weight excluding hydrogens is 400 g/mol. The van der Waals surface area contributed by atoms with Crippen LogP contribution in [0.2, 0.25) is 0 Å². The highest BCUT2D eigenvalue weighted by Crippen LogP contribution is 2.28. The maximum absolute atomic E-state index is 13.4. The summed E-state index contributed by atoms with van der Waals surface area (Å²) < 4.78 is 30.1. The van der Waals surface area contributed by atoms with Gasteiger partial charge in [0.05, 0.1) is 17.9 Å². The minimum atomic E-state index is -3.65. The predicted octanol–water partition coefficient (Wildman–Crippen LogP) is 2.57. The molecule has 2 heterocycles. The van der Waals surface area contributed by atoms with E-state index in [2.05, 4.69) is 5.10 Å². The van der Waals surface area contributed by atoms with Gasteiger partial charge in [0.2, 0.25) is 15.9 Å². The average Bonchev–Trinajstić information content (AvgIpc) is 3.37. The minimum Gasteiger partial charge on any atom is -0.340 e. The Morgan fingerprint density at radius 1 is 1.03 bits per heavy atom. The highest BCUT2D eigenvalue weighted by atomic mass is 32.2. The molecule has 0 N–H and O–H groups in total. The number of piperazine rings is 1. The Morgan fingerprint density at radius 2 is 1.67 bits per heavy atom. The first-order chi connectivity index (χ1) is 14.4. The number of aromatic nitrogens is 2.